The number of pyridine rings is 1. The van der Waals surface area contributed by atoms with Gasteiger partial charge in [-0.3, -0.25) is 14.5 Å². The van der Waals surface area contributed by atoms with Gasteiger partial charge in [0.2, 0.25) is 0 Å². The molecule has 142 valence electrons. The molecule has 3 heterocycles. The Labute approximate surface area is 157 Å². The van der Waals surface area contributed by atoms with Crippen molar-refractivity contribution in [3.8, 4) is 0 Å². The lowest BCUT2D eigenvalue weighted by Crippen LogP contribution is -2.32. The third-order valence-electron chi connectivity index (χ3n) is 3.98. The number of carbonyl (C=O) groups is 1. The number of hydrogen-bond acceptors (Lipinski definition) is 4. The molecule has 5 nitrogen and oxygen atoms in total. The Morgan fingerprint density at radius 1 is 1.30 bits per heavy atom. The van der Waals surface area contributed by atoms with Gasteiger partial charge in [-0.2, -0.15) is 18.3 Å². The highest BCUT2D eigenvalue weighted by Crippen LogP contribution is 2.27. The number of hydrogen-bond donors (Lipinski definition) is 1. The number of carbonyl (C=O) groups excluding carboxylic acids is 1. The van der Waals surface area contributed by atoms with E-state index in [1.807, 2.05) is 42.1 Å². The Morgan fingerprint density at radius 3 is 2.59 bits per heavy atom. The summed E-state index contributed by atoms with van der Waals surface area (Å²) in [7, 11) is 0. The number of thiophene rings is 1. The number of halogens is 3. The number of rotatable bonds is 5. The summed E-state index contributed by atoms with van der Waals surface area (Å²) in [6.07, 6.45) is -3.60. The second kappa shape index (κ2) is 7.51. The molecule has 3 rings (SSSR count). The summed E-state index contributed by atoms with van der Waals surface area (Å²) in [5, 5.41) is 9.20. The number of alkyl halides is 3. The van der Waals surface area contributed by atoms with E-state index in [9.17, 15) is 18.0 Å². The lowest BCUT2D eigenvalue weighted by atomic mass is 10.2. The molecule has 0 saturated heterocycles. The molecule has 9 heteroatoms. The van der Waals surface area contributed by atoms with Crippen molar-refractivity contribution < 1.29 is 18.0 Å². The van der Waals surface area contributed by atoms with E-state index in [2.05, 4.69) is 15.4 Å². The van der Waals surface area contributed by atoms with E-state index < -0.39 is 17.8 Å². The molecule has 0 aromatic carbocycles. The maximum absolute atomic E-state index is 12.6. The number of amides is 1. The van der Waals surface area contributed by atoms with Gasteiger partial charge in [0, 0.05) is 23.3 Å². The first-order valence-electron chi connectivity index (χ1n) is 8.13. The van der Waals surface area contributed by atoms with Crippen LogP contribution < -0.4 is 5.32 Å². The van der Waals surface area contributed by atoms with Crippen molar-refractivity contribution in [3.63, 3.8) is 0 Å². The first-order chi connectivity index (χ1) is 12.8. The number of aryl methyl sites for hydroxylation is 2. The van der Waals surface area contributed by atoms with E-state index in [-0.39, 0.29) is 18.2 Å². The summed E-state index contributed by atoms with van der Waals surface area (Å²) in [5.74, 6) is -0.487. The van der Waals surface area contributed by atoms with Crippen LogP contribution in [0.1, 0.15) is 38.4 Å². The van der Waals surface area contributed by atoms with Crippen LogP contribution in [-0.2, 0) is 6.18 Å². The molecule has 0 saturated carbocycles. The standard InChI is InChI=1S/C18H17F3N4OS/c1-11-8-12(2)25(24-11)14(15-4-3-7-27-15)10-23-17(26)13-5-6-16(22-9-13)18(19,20)21/h3-9,14H,10H2,1-2H3,(H,23,26). The van der Waals surface area contributed by atoms with Crippen LogP contribution >= 0.6 is 11.3 Å². The second-order valence-electron chi connectivity index (χ2n) is 6.04. The fourth-order valence-electron chi connectivity index (χ4n) is 2.74. The van der Waals surface area contributed by atoms with Crippen LogP contribution in [0.5, 0.6) is 0 Å². The molecule has 27 heavy (non-hydrogen) atoms. The molecule has 0 aliphatic carbocycles. The van der Waals surface area contributed by atoms with Crippen LogP contribution in [0.4, 0.5) is 13.2 Å². The zero-order valence-corrected chi connectivity index (χ0v) is 15.4. The van der Waals surface area contributed by atoms with Crippen molar-refractivity contribution >= 4 is 17.2 Å². The normalized spacial score (nSPS) is 12.8. The van der Waals surface area contributed by atoms with Crippen molar-refractivity contribution in [2.75, 3.05) is 6.54 Å². The average Bonchev–Trinajstić information content (AvgIpc) is 3.25. The van der Waals surface area contributed by atoms with Gasteiger partial charge in [-0.05, 0) is 43.5 Å². The van der Waals surface area contributed by atoms with Crippen molar-refractivity contribution in [1.82, 2.24) is 20.1 Å². The van der Waals surface area contributed by atoms with Crippen molar-refractivity contribution in [1.29, 1.82) is 0 Å². The highest BCUT2D eigenvalue weighted by molar-refractivity contribution is 7.10. The predicted octanol–water partition coefficient (Wildman–Crippen LogP) is 3.99. The Kier molecular flexibility index (Phi) is 5.31. The van der Waals surface area contributed by atoms with Gasteiger partial charge >= 0.3 is 6.18 Å². The minimum absolute atomic E-state index is 0.0706. The second-order valence-corrected chi connectivity index (χ2v) is 7.02. The van der Waals surface area contributed by atoms with E-state index in [4.69, 9.17) is 0 Å². The lowest BCUT2D eigenvalue weighted by Gasteiger charge is -2.19. The molecule has 1 atom stereocenters. The van der Waals surface area contributed by atoms with E-state index in [0.29, 0.717) is 0 Å². The minimum Gasteiger partial charge on any atom is -0.349 e. The average molecular weight is 394 g/mol. The van der Waals surface area contributed by atoms with Crippen LogP contribution in [0.25, 0.3) is 0 Å². The SMILES string of the molecule is Cc1cc(C)n(C(CNC(=O)c2ccc(C(F)(F)F)nc2)c2cccs2)n1. The summed E-state index contributed by atoms with van der Waals surface area (Å²) in [5.41, 5.74) is 0.864. The van der Waals surface area contributed by atoms with Gasteiger partial charge in [-0.15, -0.1) is 11.3 Å². The Morgan fingerprint density at radius 2 is 2.07 bits per heavy atom. The molecular formula is C18H17F3N4OS. The van der Waals surface area contributed by atoms with Crippen LogP contribution in [0, 0.1) is 13.8 Å². The third-order valence-corrected chi connectivity index (χ3v) is 4.96. The highest BCUT2D eigenvalue weighted by atomic mass is 32.1. The van der Waals surface area contributed by atoms with Crippen molar-refractivity contribution in [2.45, 2.75) is 26.1 Å². The number of nitrogens with zero attached hydrogens (tertiary/aromatic N) is 3. The molecule has 1 unspecified atom stereocenters. The summed E-state index contributed by atoms with van der Waals surface area (Å²) < 4.78 is 39.6. The first-order valence-corrected chi connectivity index (χ1v) is 9.01. The van der Waals surface area contributed by atoms with E-state index in [1.165, 1.54) is 0 Å². The smallest absolute Gasteiger partial charge is 0.349 e. The van der Waals surface area contributed by atoms with Gasteiger partial charge in [-0.25, -0.2) is 0 Å². The molecular weight excluding hydrogens is 377 g/mol. The molecule has 0 aliphatic heterocycles. The first kappa shape index (κ1) is 19.1. The molecule has 0 spiro atoms. The zero-order chi connectivity index (χ0) is 19.6. The predicted molar refractivity (Wildman–Crippen MR) is 95.7 cm³/mol. The van der Waals surface area contributed by atoms with Gasteiger partial charge in [0.05, 0.1) is 11.3 Å². The molecule has 3 aromatic rings. The third kappa shape index (κ3) is 4.36. The maximum atomic E-state index is 12.6. The summed E-state index contributed by atoms with van der Waals surface area (Å²) in [6, 6.07) is 7.53. The van der Waals surface area contributed by atoms with E-state index in [0.717, 1.165) is 34.6 Å². The topological polar surface area (TPSA) is 59.8 Å². The van der Waals surface area contributed by atoms with E-state index >= 15 is 0 Å². The fraction of sp³-hybridized carbons (Fsp3) is 0.278. The van der Waals surface area contributed by atoms with Gasteiger partial charge in [0.15, 0.2) is 0 Å². The minimum atomic E-state index is -4.53. The molecule has 3 aromatic heterocycles. The number of nitrogens with one attached hydrogen (secondary N) is 1. The Hall–Kier alpha value is -2.68. The maximum Gasteiger partial charge on any atom is 0.433 e. The summed E-state index contributed by atoms with van der Waals surface area (Å²) >= 11 is 1.55. The van der Waals surface area contributed by atoms with Crippen LogP contribution in [0.2, 0.25) is 0 Å². The van der Waals surface area contributed by atoms with Gasteiger partial charge < -0.3 is 5.32 Å². The van der Waals surface area contributed by atoms with E-state index in [1.54, 1.807) is 11.3 Å². The fourth-order valence-corrected chi connectivity index (χ4v) is 3.55. The van der Waals surface area contributed by atoms with Crippen molar-refractivity contribution in [3.05, 3.63) is 69.4 Å². The van der Waals surface area contributed by atoms with Crippen LogP contribution in [-0.4, -0.2) is 27.2 Å². The van der Waals surface area contributed by atoms with Gasteiger partial charge in [0.25, 0.3) is 5.91 Å². The monoisotopic (exact) mass is 394 g/mol. The Bertz CT molecular complexity index is 917. The van der Waals surface area contributed by atoms with Gasteiger partial charge in [0.1, 0.15) is 11.7 Å². The molecule has 0 radical (unpaired) electrons. The van der Waals surface area contributed by atoms with Crippen LogP contribution in [0.15, 0.2) is 41.9 Å². The zero-order valence-electron chi connectivity index (χ0n) is 14.6. The van der Waals surface area contributed by atoms with Gasteiger partial charge in [-0.1, -0.05) is 6.07 Å². The molecule has 0 bridgehead atoms. The van der Waals surface area contributed by atoms with Crippen molar-refractivity contribution in [2.24, 2.45) is 0 Å². The Balaban J connectivity index is 1.76. The summed E-state index contributed by atoms with van der Waals surface area (Å²) in [6.45, 7) is 4.08. The molecule has 0 aliphatic rings. The molecule has 1 N–H and O–H groups in total. The largest absolute Gasteiger partial charge is 0.433 e. The summed E-state index contributed by atoms with van der Waals surface area (Å²) in [4.78, 5) is 16.7. The number of aromatic nitrogens is 3. The molecule has 0 fully saturated rings. The quantitative estimate of drug-likeness (QED) is 0.712. The lowest BCUT2D eigenvalue weighted by molar-refractivity contribution is -0.141. The highest BCUT2D eigenvalue weighted by Gasteiger charge is 2.32. The molecule has 1 amide bonds. The van der Waals surface area contributed by atoms with Crippen LogP contribution in [0.3, 0.4) is 0 Å².